The number of aromatic nitrogens is 2. The second-order valence-electron chi connectivity index (χ2n) is 6.62. The molecule has 0 amide bonds. The predicted octanol–water partition coefficient (Wildman–Crippen LogP) is 3.21. The summed E-state index contributed by atoms with van der Waals surface area (Å²) < 4.78 is 0. The van der Waals surface area contributed by atoms with Gasteiger partial charge in [-0.05, 0) is 50.9 Å². The Kier molecular flexibility index (Phi) is 4.24. The number of nitrogens with zero attached hydrogens (tertiary/aromatic N) is 4. The van der Waals surface area contributed by atoms with Crippen molar-refractivity contribution in [3.8, 4) is 11.3 Å². The van der Waals surface area contributed by atoms with E-state index >= 15 is 0 Å². The molecule has 1 aromatic heterocycles. The first-order valence-electron chi connectivity index (χ1n) is 8.78. The summed E-state index contributed by atoms with van der Waals surface area (Å²) >= 11 is 0. The van der Waals surface area contributed by atoms with Gasteiger partial charge in [-0.3, -0.25) is 0 Å². The number of rotatable bonds is 2. The monoisotopic (exact) mass is 308 g/mol. The molecule has 0 radical (unpaired) electrons. The highest BCUT2D eigenvalue weighted by Crippen LogP contribution is 2.26. The van der Waals surface area contributed by atoms with Gasteiger partial charge in [-0.25, -0.2) is 0 Å². The summed E-state index contributed by atoms with van der Waals surface area (Å²) in [6.45, 7) is 4.76. The third kappa shape index (κ3) is 3.22. The van der Waals surface area contributed by atoms with E-state index in [1.165, 1.54) is 38.8 Å². The van der Waals surface area contributed by atoms with E-state index in [-0.39, 0.29) is 0 Å². The van der Waals surface area contributed by atoms with Crippen LogP contribution in [0.2, 0.25) is 0 Å². The maximum atomic E-state index is 4.56. The molecule has 23 heavy (non-hydrogen) atoms. The molecule has 4 nitrogen and oxygen atoms in total. The Hall–Kier alpha value is -1.94. The summed E-state index contributed by atoms with van der Waals surface area (Å²) in [4.78, 5) is 5.10. The van der Waals surface area contributed by atoms with E-state index < -0.39 is 0 Å². The standard InChI is InChI=1S/C19H24N4/c1-2-6-16(7-3-1)18-10-11-19(21-20-18)23-15-14-22-12-4-8-17(23)9-5-13-22/h1-3,6-7,10-11,17H,4-5,8-9,12-15H2. The van der Waals surface area contributed by atoms with Crippen molar-refractivity contribution in [2.75, 3.05) is 31.1 Å². The average Bonchev–Trinajstić information content (AvgIpc) is 2.55. The quantitative estimate of drug-likeness (QED) is 0.853. The first kappa shape index (κ1) is 14.6. The van der Waals surface area contributed by atoms with Crippen LogP contribution in [0.5, 0.6) is 0 Å². The Labute approximate surface area is 138 Å². The first-order valence-corrected chi connectivity index (χ1v) is 8.78. The van der Waals surface area contributed by atoms with E-state index in [0.29, 0.717) is 6.04 Å². The molecular formula is C19H24N4. The zero-order chi connectivity index (χ0) is 15.5. The topological polar surface area (TPSA) is 32.3 Å². The van der Waals surface area contributed by atoms with E-state index in [1.54, 1.807) is 0 Å². The van der Waals surface area contributed by atoms with Crippen LogP contribution >= 0.6 is 0 Å². The number of hydrogen-bond acceptors (Lipinski definition) is 4. The van der Waals surface area contributed by atoms with Gasteiger partial charge in [0.05, 0.1) is 5.69 Å². The number of benzene rings is 1. The lowest BCUT2D eigenvalue weighted by Crippen LogP contribution is -2.47. The average molecular weight is 308 g/mol. The molecule has 0 N–H and O–H groups in total. The van der Waals surface area contributed by atoms with Crippen LogP contribution in [0.15, 0.2) is 42.5 Å². The zero-order valence-electron chi connectivity index (χ0n) is 13.6. The molecular weight excluding hydrogens is 284 g/mol. The van der Waals surface area contributed by atoms with Crippen LogP contribution in [-0.2, 0) is 0 Å². The maximum Gasteiger partial charge on any atom is 0.151 e. The second kappa shape index (κ2) is 6.67. The molecule has 0 atom stereocenters. The smallest absolute Gasteiger partial charge is 0.151 e. The van der Waals surface area contributed by atoms with Gasteiger partial charge < -0.3 is 9.80 Å². The minimum atomic E-state index is 0.634. The molecule has 1 aromatic carbocycles. The highest BCUT2D eigenvalue weighted by atomic mass is 15.3. The van der Waals surface area contributed by atoms with Crippen molar-refractivity contribution in [2.45, 2.75) is 31.7 Å². The van der Waals surface area contributed by atoms with Crippen molar-refractivity contribution >= 4 is 5.82 Å². The molecule has 3 fully saturated rings. The van der Waals surface area contributed by atoms with Gasteiger partial charge in [0.15, 0.2) is 5.82 Å². The summed E-state index contributed by atoms with van der Waals surface area (Å²) in [6.07, 6.45) is 5.16. The van der Waals surface area contributed by atoms with Crippen LogP contribution in [0.4, 0.5) is 5.82 Å². The van der Waals surface area contributed by atoms with Gasteiger partial charge in [-0.2, -0.15) is 0 Å². The lowest BCUT2D eigenvalue weighted by Gasteiger charge is -2.40. The lowest BCUT2D eigenvalue weighted by atomic mass is 9.99. The summed E-state index contributed by atoms with van der Waals surface area (Å²) in [5.74, 6) is 1.04. The Morgan fingerprint density at radius 1 is 0.783 bits per heavy atom. The van der Waals surface area contributed by atoms with E-state index in [2.05, 4.69) is 44.3 Å². The van der Waals surface area contributed by atoms with Crippen LogP contribution in [0, 0.1) is 0 Å². The van der Waals surface area contributed by atoms with E-state index in [1.807, 2.05) is 18.2 Å². The Morgan fingerprint density at radius 3 is 2.26 bits per heavy atom. The predicted molar refractivity (Wildman–Crippen MR) is 93.5 cm³/mol. The fourth-order valence-electron chi connectivity index (χ4n) is 3.87. The molecule has 0 saturated carbocycles. The van der Waals surface area contributed by atoms with Gasteiger partial charge in [0.25, 0.3) is 0 Å². The summed E-state index contributed by atoms with van der Waals surface area (Å²) in [5.41, 5.74) is 2.08. The highest BCUT2D eigenvalue weighted by molar-refractivity contribution is 5.59. The van der Waals surface area contributed by atoms with Gasteiger partial charge in [-0.15, -0.1) is 10.2 Å². The van der Waals surface area contributed by atoms with Gasteiger partial charge in [0, 0.05) is 24.7 Å². The summed E-state index contributed by atoms with van der Waals surface area (Å²) in [7, 11) is 0. The minimum absolute atomic E-state index is 0.634. The van der Waals surface area contributed by atoms with Crippen molar-refractivity contribution in [3.05, 3.63) is 42.5 Å². The SMILES string of the molecule is c1ccc(-c2ccc(N3CCN4CCCC3CCC4)nn2)cc1. The van der Waals surface area contributed by atoms with Crippen molar-refractivity contribution in [3.63, 3.8) is 0 Å². The summed E-state index contributed by atoms with van der Waals surface area (Å²) in [5, 5.41) is 9.03. The first-order chi connectivity index (χ1) is 11.4. The van der Waals surface area contributed by atoms with Crippen LogP contribution in [0.3, 0.4) is 0 Å². The van der Waals surface area contributed by atoms with Gasteiger partial charge in [-0.1, -0.05) is 30.3 Å². The number of hydrogen-bond donors (Lipinski definition) is 0. The van der Waals surface area contributed by atoms with Crippen LogP contribution in [0.25, 0.3) is 11.3 Å². The zero-order valence-corrected chi connectivity index (χ0v) is 13.6. The molecule has 5 rings (SSSR count). The van der Waals surface area contributed by atoms with Crippen LogP contribution < -0.4 is 4.90 Å². The molecule has 0 spiro atoms. The maximum absolute atomic E-state index is 4.56. The highest BCUT2D eigenvalue weighted by Gasteiger charge is 2.26. The fraction of sp³-hybridized carbons (Fsp3) is 0.474. The largest absolute Gasteiger partial charge is 0.351 e. The van der Waals surface area contributed by atoms with Crippen molar-refractivity contribution in [2.24, 2.45) is 0 Å². The van der Waals surface area contributed by atoms with Crippen molar-refractivity contribution in [1.82, 2.24) is 15.1 Å². The summed E-state index contributed by atoms with van der Waals surface area (Å²) in [6, 6.07) is 15.2. The Bertz CT molecular complexity index is 616. The minimum Gasteiger partial charge on any atom is -0.351 e. The molecule has 0 unspecified atom stereocenters. The van der Waals surface area contributed by atoms with Gasteiger partial charge in [0.1, 0.15) is 0 Å². The molecule has 4 heteroatoms. The molecule has 4 heterocycles. The molecule has 120 valence electrons. The number of fused-ring (bicyclic) bond motifs is 6. The Balaban J connectivity index is 1.57. The number of anilines is 1. The third-order valence-corrected chi connectivity index (χ3v) is 5.14. The Morgan fingerprint density at radius 2 is 1.57 bits per heavy atom. The molecule has 0 aliphatic carbocycles. The molecule has 3 aliphatic rings. The molecule has 2 aromatic rings. The van der Waals surface area contributed by atoms with E-state index in [4.69, 9.17) is 0 Å². The van der Waals surface area contributed by atoms with Gasteiger partial charge in [0.2, 0.25) is 0 Å². The van der Waals surface area contributed by atoms with Crippen molar-refractivity contribution in [1.29, 1.82) is 0 Å². The second-order valence-corrected chi connectivity index (χ2v) is 6.62. The van der Waals surface area contributed by atoms with Crippen LogP contribution in [-0.4, -0.2) is 47.3 Å². The van der Waals surface area contributed by atoms with Gasteiger partial charge >= 0.3 is 0 Å². The third-order valence-electron chi connectivity index (χ3n) is 5.14. The normalized spacial score (nSPS) is 24.8. The van der Waals surface area contributed by atoms with E-state index in [9.17, 15) is 0 Å². The molecule has 3 aliphatic heterocycles. The van der Waals surface area contributed by atoms with Crippen molar-refractivity contribution < 1.29 is 0 Å². The van der Waals surface area contributed by atoms with E-state index in [0.717, 1.165) is 30.2 Å². The molecule has 3 saturated heterocycles. The van der Waals surface area contributed by atoms with Crippen LogP contribution in [0.1, 0.15) is 25.7 Å². The lowest BCUT2D eigenvalue weighted by molar-refractivity contribution is 0.217. The molecule has 2 bridgehead atoms. The fourth-order valence-corrected chi connectivity index (χ4v) is 3.87.